The van der Waals surface area contributed by atoms with E-state index in [4.69, 9.17) is 0 Å². The van der Waals surface area contributed by atoms with Crippen LogP contribution in [0.25, 0.3) is 0 Å². The van der Waals surface area contributed by atoms with E-state index in [1.165, 1.54) is 4.90 Å². The van der Waals surface area contributed by atoms with Crippen molar-refractivity contribution in [2.24, 2.45) is 0 Å². The van der Waals surface area contributed by atoms with Crippen molar-refractivity contribution in [3.63, 3.8) is 0 Å². The van der Waals surface area contributed by atoms with Gasteiger partial charge in [0.1, 0.15) is 5.69 Å². The van der Waals surface area contributed by atoms with Crippen molar-refractivity contribution in [3.05, 3.63) is 29.1 Å². The lowest BCUT2D eigenvalue weighted by Gasteiger charge is -2.28. The van der Waals surface area contributed by atoms with Gasteiger partial charge in [0.15, 0.2) is 5.82 Å². The number of hydrogen-bond acceptors (Lipinski definition) is 6. The number of halogens is 3. The summed E-state index contributed by atoms with van der Waals surface area (Å²) in [5.41, 5.74) is 0.920. The Morgan fingerprint density at radius 1 is 1.07 bits per heavy atom. The van der Waals surface area contributed by atoms with E-state index in [2.05, 4.69) is 20.2 Å². The fourth-order valence-corrected chi connectivity index (χ4v) is 3.42. The zero-order valence-electron chi connectivity index (χ0n) is 14.7. The molecule has 4 rings (SSSR count). The summed E-state index contributed by atoms with van der Waals surface area (Å²) in [7, 11) is 0. The maximum atomic E-state index is 12.9. The van der Waals surface area contributed by atoms with Crippen molar-refractivity contribution in [1.82, 2.24) is 29.6 Å². The molecule has 0 aromatic carbocycles. The monoisotopic (exact) mass is 381 g/mol. The van der Waals surface area contributed by atoms with Gasteiger partial charge in [-0.3, -0.25) is 4.79 Å². The van der Waals surface area contributed by atoms with Gasteiger partial charge in [-0.15, -0.1) is 10.2 Å². The number of amides is 1. The van der Waals surface area contributed by atoms with Gasteiger partial charge < -0.3 is 14.4 Å². The van der Waals surface area contributed by atoms with Crippen LogP contribution in [0.15, 0.2) is 6.07 Å². The largest absolute Gasteiger partial charge is 0.451 e. The lowest BCUT2D eigenvalue weighted by molar-refractivity contribution is -0.147. The number of carbonyl (C=O) groups is 1. The van der Waals surface area contributed by atoms with E-state index in [0.29, 0.717) is 11.6 Å². The number of aromatic nitrogens is 5. The van der Waals surface area contributed by atoms with Crippen LogP contribution in [0.3, 0.4) is 0 Å². The summed E-state index contributed by atoms with van der Waals surface area (Å²) >= 11 is 0. The highest BCUT2D eigenvalue weighted by molar-refractivity contribution is 5.92. The molecule has 27 heavy (non-hydrogen) atoms. The molecule has 11 heteroatoms. The smallest absolute Gasteiger partial charge is 0.341 e. The Morgan fingerprint density at radius 3 is 2.52 bits per heavy atom. The number of fused-ring (bicyclic) bond motifs is 1. The zero-order chi connectivity index (χ0) is 19.2. The molecule has 0 atom stereocenters. The maximum absolute atomic E-state index is 12.9. The predicted molar refractivity (Wildman–Crippen MR) is 88.0 cm³/mol. The molecule has 2 aromatic rings. The third-order valence-electron chi connectivity index (χ3n) is 4.74. The van der Waals surface area contributed by atoms with Crippen LogP contribution >= 0.6 is 0 Å². The first-order valence-corrected chi connectivity index (χ1v) is 8.72. The summed E-state index contributed by atoms with van der Waals surface area (Å²) in [5, 5.41) is 6.84. The van der Waals surface area contributed by atoms with Crippen molar-refractivity contribution >= 4 is 11.9 Å². The topological polar surface area (TPSA) is 80.0 Å². The van der Waals surface area contributed by atoms with Crippen molar-refractivity contribution in [2.75, 3.05) is 24.5 Å². The number of alkyl halides is 3. The highest BCUT2D eigenvalue weighted by Crippen LogP contribution is 2.29. The van der Waals surface area contributed by atoms with Crippen LogP contribution in [0.4, 0.5) is 19.1 Å². The van der Waals surface area contributed by atoms with Crippen molar-refractivity contribution in [2.45, 2.75) is 39.0 Å². The van der Waals surface area contributed by atoms with Crippen LogP contribution in [0.5, 0.6) is 0 Å². The number of nitrogens with zero attached hydrogens (tertiary/aromatic N) is 7. The first-order chi connectivity index (χ1) is 12.8. The Balaban J connectivity index is 1.56. The van der Waals surface area contributed by atoms with Crippen LogP contribution in [0.1, 0.15) is 40.7 Å². The standard InChI is InChI=1S/C16H18F3N7O/c1-10-8-11(21-15(20-10)24-4-2-3-5-24)13(27)25-6-7-26-12(9-25)22-23-14(26)16(17,18)19/h8H,2-7,9H2,1H3. The third-order valence-corrected chi connectivity index (χ3v) is 4.74. The van der Waals surface area contributed by atoms with Gasteiger partial charge in [-0.05, 0) is 25.8 Å². The second kappa shape index (κ2) is 6.46. The summed E-state index contributed by atoms with van der Waals surface area (Å²) in [5.74, 6) is -0.731. The molecule has 0 N–H and O–H groups in total. The molecule has 0 unspecified atom stereocenters. The molecule has 144 valence electrons. The Kier molecular flexibility index (Phi) is 4.23. The summed E-state index contributed by atoms with van der Waals surface area (Å²) in [6.07, 6.45) is -2.44. The van der Waals surface area contributed by atoms with Crippen molar-refractivity contribution in [1.29, 1.82) is 0 Å². The Morgan fingerprint density at radius 2 is 1.81 bits per heavy atom. The van der Waals surface area contributed by atoms with E-state index >= 15 is 0 Å². The molecule has 0 aliphatic carbocycles. The van der Waals surface area contributed by atoms with Gasteiger partial charge in [0.25, 0.3) is 5.91 Å². The van der Waals surface area contributed by atoms with Crippen molar-refractivity contribution in [3.8, 4) is 0 Å². The van der Waals surface area contributed by atoms with Gasteiger partial charge >= 0.3 is 6.18 Å². The summed E-state index contributed by atoms with van der Waals surface area (Å²) < 4.78 is 39.8. The molecule has 0 bridgehead atoms. The molecular formula is C16H18F3N7O. The van der Waals surface area contributed by atoms with E-state index in [1.807, 2.05) is 4.90 Å². The molecule has 2 aliphatic rings. The third kappa shape index (κ3) is 3.33. The van der Waals surface area contributed by atoms with Crippen LogP contribution in [-0.2, 0) is 19.3 Å². The minimum Gasteiger partial charge on any atom is -0.341 e. The lowest BCUT2D eigenvalue weighted by atomic mass is 10.2. The molecule has 1 amide bonds. The van der Waals surface area contributed by atoms with E-state index < -0.39 is 12.0 Å². The molecule has 0 saturated carbocycles. The molecule has 1 fully saturated rings. The number of hydrogen-bond donors (Lipinski definition) is 0. The zero-order valence-corrected chi connectivity index (χ0v) is 14.7. The number of rotatable bonds is 2. The maximum Gasteiger partial charge on any atom is 0.451 e. The van der Waals surface area contributed by atoms with Crippen LogP contribution in [0.2, 0.25) is 0 Å². The lowest BCUT2D eigenvalue weighted by Crippen LogP contribution is -2.40. The average Bonchev–Trinajstić information content (AvgIpc) is 3.29. The van der Waals surface area contributed by atoms with E-state index in [9.17, 15) is 18.0 Å². The van der Waals surface area contributed by atoms with E-state index in [0.717, 1.165) is 30.5 Å². The summed E-state index contributed by atoms with van der Waals surface area (Å²) in [6, 6.07) is 1.60. The Labute approximate surface area is 153 Å². The minimum atomic E-state index is -4.56. The first-order valence-electron chi connectivity index (χ1n) is 8.72. The first kappa shape index (κ1) is 17.7. The number of carbonyl (C=O) groups excluding carboxylic acids is 1. The van der Waals surface area contributed by atoms with Crippen LogP contribution < -0.4 is 4.90 Å². The molecule has 1 saturated heterocycles. The van der Waals surface area contributed by atoms with Crippen LogP contribution in [-0.4, -0.2) is 55.2 Å². The number of aryl methyl sites for hydroxylation is 1. The fourth-order valence-electron chi connectivity index (χ4n) is 3.42. The molecule has 2 aliphatic heterocycles. The minimum absolute atomic E-state index is 0.00797. The highest BCUT2D eigenvalue weighted by atomic mass is 19.4. The van der Waals surface area contributed by atoms with Gasteiger partial charge in [0, 0.05) is 31.9 Å². The predicted octanol–water partition coefficient (Wildman–Crippen LogP) is 1.65. The Bertz CT molecular complexity index is 873. The van der Waals surface area contributed by atoms with E-state index in [-0.39, 0.29) is 37.1 Å². The highest BCUT2D eigenvalue weighted by Gasteiger charge is 2.40. The molecule has 0 spiro atoms. The van der Waals surface area contributed by atoms with E-state index in [1.54, 1.807) is 13.0 Å². The summed E-state index contributed by atoms with van der Waals surface area (Å²) in [4.78, 5) is 25.1. The molecule has 0 radical (unpaired) electrons. The Hall–Kier alpha value is -2.72. The SMILES string of the molecule is Cc1cc(C(=O)N2CCn3c(nnc3C(F)(F)F)C2)nc(N2CCCC2)n1. The van der Waals surface area contributed by atoms with Gasteiger partial charge in [-0.25, -0.2) is 9.97 Å². The molecule has 8 nitrogen and oxygen atoms in total. The second-order valence-corrected chi connectivity index (χ2v) is 6.70. The fraction of sp³-hybridized carbons (Fsp3) is 0.562. The van der Waals surface area contributed by atoms with Gasteiger partial charge in [0.2, 0.25) is 11.8 Å². The quantitative estimate of drug-likeness (QED) is 0.787. The van der Waals surface area contributed by atoms with Crippen LogP contribution in [0, 0.1) is 6.92 Å². The van der Waals surface area contributed by atoms with Crippen molar-refractivity contribution < 1.29 is 18.0 Å². The molecule has 4 heterocycles. The normalized spacial score (nSPS) is 17.3. The van der Waals surface area contributed by atoms with Gasteiger partial charge in [-0.2, -0.15) is 13.2 Å². The summed E-state index contributed by atoms with van der Waals surface area (Å²) in [6.45, 7) is 3.58. The molecular weight excluding hydrogens is 363 g/mol. The second-order valence-electron chi connectivity index (χ2n) is 6.70. The van der Waals surface area contributed by atoms with Gasteiger partial charge in [-0.1, -0.05) is 0 Å². The van der Waals surface area contributed by atoms with Gasteiger partial charge in [0.05, 0.1) is 6.54 Å². The number of anilines is 1. The molecule has 2 aromatic heterocycles. The average molecular weight is 381 g/mol.